The van der Waals surface area contributed by atoms with E-state index in [0.717, 1.165) is 0 Å². The number of nitrogens with one attached hydrogen (secondary N) is 1. The first-order valence-electron chi connectivity index (χ1n) is 6.23. The zero-order valence-electron chi connectivity index (χ0n) is 11.3. The molecule has 1 aromatic heterocycles. The van der Waals surface area contributed by atoms with Crippen LogP contribution in [0.1, 0.15) is 12.7 Å². The minimum atomic E-state index is -0.337. The fourth-order valence-electron chi connectivity index (χ4n) is 1.72. The zero-order chi connectivity index (χ0) is 14.5. The molecule has 20 heavy (non-hydrogen) atoms. The summed E-state index contributed by atoms with van der Waals surface area (Å²) in [4.78, 5) is 8.64. The van der Waals surface area contributed by atoms with Gasteiger partial charge in [0.05, 0.1) is 10.2 Å². The number of aromatic nitrogens is 2. The SMILES string of the molecule is CCOCc1nc(NC)cc(-c2cccc(Br)c2F)n1. The molecule has 4 nitrogen and oxygen atoms in total. The second-order valence-electron chi connectivity index (χ2n) is 4.04. The van der Waals surface area contributed by atoms with Crippen molar-refractivity contribution in [2.75, 3.05) is 19.0 Å². The molecule has 1 N–H and O–H groups in total. The third kappa shape index (κ3) is 3.32. The summed E-state index contributed by atoms with van der Waals surface area (Å²) in [6.07, 6.45) is 0. The van der Waals surface area contributed by atoms with E-state index in [1.54, 1.807) is 31.3 Å². The summed E-state index contributed by atoms with van der Waals surface area (Å²) in [6.45, 7) is 2.78. The molecule has 0 saturated carbocycles. The molecule has 0 saturated heterocycles. The average Bonchev–Trinajstić information content (AvgIpc) is 2.47. The van der Waals surface area contributed by atoms with E-state index in [0.29, 0.717) is 40.6 Å². The van der Waals surface area contributed by atoms with E-state index < -0.39 is 0 Å². The fourth-order valence-corrected chi connectivity index (χ4v) is 2.09. The first-order valence-corrected chi connectivity index (χ1v) is 7.02. The van der Waals surface area contributed by atoms with Gasteiger partial charge in [-0.15, -0.1) is 0 Å². The molecular formula is C14H15BrFN3O. The molecular weight excluding hydrogens is 325 g/mol. The van der Waals surface area contributed by atoms with E-state index in [1.807, 2.05) is 6.92 Å². The standard InChI is InChI=1S/C14H15BrFN3O/c1-3-20-8-13-18-11(7-12(17-2)19-13)9-5-4-6-10(15)14(9)16/h4-7H,3,8H2,1-2H3,(H,17,18,19). The second kappa shape index (κ2) is 6.76. The van der Waals surface area contributed by atoms with Gasteiger partial charge in [-0.2, -0.15) is 0 Å². The van der Waals surface area contributed by atoms with Gasteiger partial charge in [0.2, 0.25) is 0 Å². The van der Waals surface area contributed by atoms with Crippen LogP contribution < -0.4 is 5.32 Å². The van der Waals surface area contributed by atoms with Crippen LogP contribution in [0.5, 0.6) is 0 Å². The number of halogens is 2. The Balaban J connectivity index is 2.47. The summed E-state index contributed by atoms with van der Waals surface area (Å²) in [6, 6.07) is 6.82. The van der Waals surface area contributed by atoms with Crippen molar-refractivity contribution in [2.45, 2.75) is 13.5 Å². The minimum absolute atomic E-state index is 0.300. The summed E-state index contributed by atoms with van der Waals surface area (Å²) in [5.41, 5.74) is 0.953. The van der Waals surface area contributed by atoms with Crippen molar-refractivity contribution in [3.8, 4) is 11.3 Å². The molecule has 0 radical (unpaired) electrons. The molecule has 2 aromatic rings. The average molecular weight is 340 g/mol. The van der Waals surface area contributed by atoms with Gasteiger partial charge in [0.15, 0.2) is 5.82 Å². The van der Waals surface area contributed by atoms with Crippen molar-refractivity contribution in [3.63, 3.8) is 0 Å². The molecule has 0 aliphatic carbocycles. The van der Waals surface area contributed by atoms with Crippen LogP contribution in [0.2, 0.25) is 0 Å². The summed E-state index contributed by atoms with van der Waals surface area (Å²) >= 11 is 3.18. The van der Waals surface area contributed by atoms with Gasteiger partial charge in [0.25, 0.3) is 0 Å². The van der Waals surface area contributed by atoms with Crippen LogP contribution in [-0.2, 0) is 11.3 Å². The van der Waals surface area contributed by atoms with Gasteiger partial charge in [-0.25, -0.2) is 14.4 Å². The molecule has 0 spiro atoms. The first-order chi connectivity index (χ1) is 9.65. The molecule has 0 unspecified atom stereocenters. The number of benzene rings is 1. The Morgan fingerprint density at radius 1 is 1.35 bits per heavy atom. The van der Waals surface area contributed by atoms with E-state index in [2.05, 4.69) is 31.2 Å². The highest BCUT2D eigenvalue weighted by Gasteiger charge is 2.12. The van der Waals surface area contributed by atoms with E-state index in [1.165, 1.54) is 0 Å². The van der Waals surface area contributed by atoms with E-state index in [-0.39, 0.29) is 5.82 Å². The molecule has 0 atom stereocenters. The first kappa shape index (κ1) is 14.9. The Morgan fingerprint density at radius 3 is 2.85 bits per heavy atom. The molecule has 0 fully saturated rings. The number of hydrogen-bond donors (Lipinski definition) is 1. The normalized spacial score (nSPS) is 10.6. The van der Waals surface area contributed by atoms with Crippen LogP contribution in [0.15, 0.2) is 28.7 Å². The van der Waals surface area contributed by atoms with E-state index in [4.69, 9.17) is 4.74 Å². The largest absolute Gasteiger partial charge is 0.374 e. The minimum Gasteiger partial charge on any atom is -0.374 e. The monoisotopic (exact) mass is 339 g/mol. The summed E-state index contributed by atoms with van der Waals surface area (Å²) in [5, 5.41) is 2.95. The Morgan fingerprint density at radius 2 is 2.15 bits per heavy atom. The second-order valence-corrected chi connectivity index (χ2v) is 4.90. The maximum atomic E-state index is 14.1. The highest BCUT2D eigenvalue weighted by molar-refractivity contribution is 9.10. The molecule has 1 aromatic carbocycles. The van der Waals surface area contributed by atoms with Gasteiger partial charge in [0, 0.05) is 25.3 Å². The van der Waals surface area contributed by atoms with Crippen molar-refractivity contribution in [2.24, 2.45) is 0 Å². The topological polar surface area (TPSA) is 47.0 Å². The van der Waals surface area contributed by atoms with Gasteiger partial charge in [-0.3, -0.25) is 0 Å². The third-order valence-corrected chi connectivity index (χ3v) is 3.30. The van der Waals surface area contributed by atoms with Gasteiger partial charge in [-0.05, 0) is 35.0 Å². The molecule has 0 aliphatic heterocycles. The number of hydrogen-bond acceptors (Lipinski definition) is 4. The van der Waals surface area contributed by atoms with Gasteiger partial charge < -0.3 is 10.1 Å². The highest BCUT2D eigenvalue weighted by Crippen LogP contribution is 2.27. The molecule has 0 amide bonds. The molecule has 106 valence electrons. The van der Waals surface area contributed by atoms with E-state index >= 15 is 0 Å². The lowest BCUT2D eigenvalue weighted by Crippen LogP contribution is -2.04. The number of ether oxygens (including phenoxy) is 1. The molecule has 2 rings (SSSR count). The Hall–Kier alpha value is -1.53. The Labute approximate surface area is 125 Å². The van der Waals surface area contributed by atoms with Crippen molar-refractivity contribution in [1.82, 2.24) is 9.97 Å². The lowest BCUT2D eigenvalue weighted by Gasteiger charge is -2.09. The quantitative estimate of drug-likeness (QED) is 0.903. The molecule has 6 heteroatoms. The van der Waals surface area contributed by atoms with Gasteiger partial charge >= 0.3 is 0 Å². The van der Waals surface area contributed by atoms with Crippen LogP contribution in [0, 0.1) is 5.82 Å². The zero-order valence-corrected chi connectivity index (χ0v) is 12.9. The molecule has 0 aliphatic rings. The van der Waals surface area contributed by atoms with Crippen molar-refractivity contribution in [3.05, 3.63) is 40.4 Å². The lowest BCUT2D eigenvalue weighted by atomic mass is 10.1. The highest BCUT2D eigenvalue weighted by atomic mass is 79.9. The lowest BCUT2D eigenvalue weighted by molar-refractivity contribution is 0.128. The Kier molecular flexibility index (Phi) is 5.03. The van der Waals surface area contributed by atoms with Crippen LogP contribution >= 0.6 is 15.9 Å². The van der Waals surface area contributed by atoms with Crippen molar-refractivity contribution < 1.29 is 9.13 Å². The summed E-state index contributed by atoms with van der Waals surface area (Å²) < 4.78 is 19.9. The van der Waals surface area contributed by atoms with Crippen molar-refractivity contribution >= 4 is 21.7 Å². The summed E-state index contributed by atoms with van der Waals surface area (Å²) in [5.74, 6) is 0.813. The Bertz CT molecular complexity index is 607. The number of anilines is 1. The van der Waals surface area contributed by atoms with Crippen LogP contribution in [0.4, 0.5) is 10.2 Å². The predicted molar refractivity (Wildman–Crippen MR) is 80.0 cm³/mol. The van der Waals surface area contributed by atoms with Gasteiger partial charge in [-0.1, -0.05) is 6.07 Å². The van der Waals surface area contributed by atoms with E-state index in [9.17, 15) is 4.39 Å². The predicted octanol–water partition coefficient (Wildman–Crippen LogP) is 3.62. The van der Waals surface area contributed by atoms with Crippen LogP contribution in [0.3, 0.4) is 0 Å². The number of rotatable bonds is 5. The van der Waals surface area contributed by atoms with Crippen LogP contribution in [0.25, 0.3) is 11.3 Å². The summed E-state index contributed by atoms with van der Waals surface area (Å²) in [7, 11) is 1.76. The maximum absolute atomic E-state index is 14.1. The fraction of sp³-hybridized carbons (Fsp3) is 0.286. The van der Waals surface area contributed by atoms with Crippen molar-refractivity contribution in [1.29, 1.82) is 0 Å². The smallest absolute Gasteiger partial charge is 0.157 e. The molecule has 1 heterocycles. The third-order valence-electron chi connectivity index (χ3n) is 2.69. The maximum Gasteiger partial charge on any atom is 0.157 e. The van der Waals surface area contributed by atoms with Crippen LogP contribution in [-0.4, -0.2) is 23.6 Å². The number of nitrogens with zero attached hydrogens (tertiary/aromatic N) is 2. The van der Waals surface area contributed by atoms with Gasteiger partial charge in [0.1, 0.15) is 18.2 Å². The molecule has 0 bridgehead atoms.